The monoisotopic (exact) mass is 312 g/mol. The van der Waals surface area contributed by atoms with E-state index >= 15 is 0 Å². The number of halogens is 1. The summed E-state index contributed by atoms with van der Waals surface area (Å²) in [6.07, 6.45) is 5.81. The molecule has 1 aromatic heterocycles. The second-order valence-electron chi connectivity index (χ2n) is 4.88. The first-order chi connectivity index (χ1) is 8.67. The fourth-order valence-corrected chi connectivity index (χ4v) is 2.86. The zero-order valence-corrected chi connectivity index (χ0v) is 11.7. The Labute approximate surface area is 115 Å². The lowest BCUT2D eigenvalue weighted by Crippen LogP contribution is -2.38. The van der Waals surface area contributed by atoms with E-state index in [0.717, 1.165) is 25.7 Å². The van der Waals surface area contributed by atoms with Gasteiger partial charge in [0.05, 0.1) is 6.61 Å². The van der Waals surface area contributed by atoms with Crippen molar-refractivity contribution in [2.45, 2.75) is 25.7 Å². The highest BCUT2D eigenvalue weighted by atomic mass is 79.9. The summed E-state index contributed by atoms with van der Waals surface area (Å²) in [5.41, 5.74) is 0.264. The van der Waals surface area contributed by atoms with Gasteiger partial charge in [0.1, 0.15) is 5.69 Å². The van der Waals surface area contributed by atoms with Crippen LogP contribution < -0.4 is 5.32 Å². The van der Waals surface area contributed by atoms with Crippen molar-refractivity contribution in [1.29, 1.82) is 0 Å². The summed E-state index contributed by atoms with van der Waals surface area (Å²) in [6, 6.07) is 3.56. The Kier molecular flexibility index (Phi) is 4.35. The Hall–Kier alpha value is -0.940. The number of amides is 1. The molecule has 98 valence electrons. The van der Waals surface area contributed by atoms with Gasteiger partial charge in [0.25, 0.3) is 5.91 Å². The summed E-state index contributed by atoms with van der Waals surface area (Å²) in [7, 11) is 0. The molecule has 1 aliphatic rings. The van der Waals surface area contributed by atoms with Gasteiger partial charge in [0.15, 0.2) is 0 Å². The van der Waals surface area contributed by atoms with Gasteiger partial charge in [-0.15, -0.1) is 0 Å². The van der Waals surface area contributed by atoms with E-state index < -0.39 is 0 Å². The van der Waals surface area contributed by atoms with E-state index in [2.05, 4.69) is 26.2 Å². The molecule has 1 aromatic rings. The molecule has 1 amide bonds. The van der Waals surface area contributed by atoms with E-state index in [4.69, 9.17) is 0 Å². The molecule has 1 fully saturated rings. The van der Waals surface area contributed by atoms with Crippen LogP contribution in [0, 0.1) is 5.41 Å². The SMILES string of the molecule is O=C(NCC1(CO)CCCC1)c1ncccc1Br. The number of nitrogens with one attached hydrogen (secondary N) is 1. The Morgan fingerprint density at radius 2 is 2.22 bits per heavy atom. The van der Waals surface area contributed by atoms with Gasteiger partial charge in [0.2, 0.25) is 0 Å². The van der Waals surface area contributed by atoms with Gasteiger partial charge in [-0.2, -0.15) is 0 Å². The number of pyridine rings is 1. The largest absolute Gasteiger partial charge is 0.396 e. The van der Waals surface area contributed by atoms with Crippen molar-refractivity contribution in [3.05, 3.63) is 28.5 Å². The Morgan fingerprint density at radius 1 is 1.50 bits per heavy atom. The van der Waals surface area contributed by atoms with E-state index in [0.29, 0.717) is 16.7 Å². The molecule has 1 heterocycles. The van der Waals surface area contributed by atoms with Crippen LogP contribution in [0.25, 0.3) is 0 Å². The van der Waals surface area contributed by atoms with E-state index in [9.17, 15) is 9.90 Å². The van der Waals surface area contributed by atoms with Crippen LogP contribution in [0.1, 0.15) is 36.2 Å². The molecule has 0 atom stereocenters. The smallest absolute Gasteiger partial charge is 0.271 e. The van der Waals surface area contributed by atoms with Gasteiger partial charge in [-0.05, 0) is 40.9 Å². The summed E-state index contributed by atoms with van der Waals surface area (Å²) >= 11 is 3.31. The molecule has 0 spiro atoms. The van der Waals surface area contributed by atoms with Crippen molar-refractivity contribution in [2.24, 2.45) is 5.41 Å². The molecule has 1 aliphatic carbocycles. The number of carbonyl (C=O) groups excluding carboxylic acids is 1. The minimum atomic E-state index is -0.192. The van der Waals surface area contributed by atoms with Crippen molar-refractivity contribution >= 4 is 21.8 Å². The van der Waals surface area contributed by atoms with Gasteiger partial charge in [-0.25, -0.2) is 4.98 Å². The molecule has 0 saturated heterocycles. The number of aliphatic hydroxyl groups excluding tert-OH is 1. The molecule has 0 bridgehead atoms. The van der Waals surface area contributed by atoms with Gasteiger partial charge < -0.3 is 10.4 Å². The molecule has 2 rings (SSSR count). The predicted molar refractivity (Wildman–Crippen MR) is 72.3 cm³/mol. The number of nitrogens with zero attached hydrogens (tertiary/aromatic N) is 1. The third-order valence-corrected chi connectivity index (χ3v) is 4.24. The first-order valence-electron chi connectivity index (χ1n) is 6.16. The molecule has 5 heteroatoms. The van der Waals surface area contributed by atoms with E-state index in [-0.39, 0.29) is 17.9 Å². The topological polar surface area (TPSA) is 62.2 Å². The van der Waals surface area contributed by atoms with Gasteiger partial charge >= 0.3 is 0 Å². The lowest BCUT2D eigenvalue weighted by Gasteiger charge is -2.26. The summed E-state index contributed by atoms with van der Waals surface area (Å²) in [6.45, 7) is 0.655. The third-order valence-electron chi connectivity index (χ3n) is 3.60. The maximum Gasteiger partial charge on any atom is 0.271 e. The van der Waals surface area contributed by atoms with Crippen molar-refractivity contribution in [2.75, 3.05) is 13.2 Å². The first kappa shape index (κ1) is 13.5. The number of rotatable bonds is 4. The molecule has 0 aromatic carbocycles. The molecule has 0 radical (unpaired) electrons. The van der Waals surface area contributed by atoms with E-state index in [1.807, 2.05) is 0 Å². The van der Waals surface area contributed by atoms with Crippen molar-refractivity contribution in [3.63, 3.8) is 0 Å². The molecule has 2 N–H and O–H groups in total. The zero-order valence-electron chi connectivity index (χ0n) is 10.2. The van der Waals surface area contributed by atoms with Gasteiger partial charge in [0, 0.05) is 22.6 Å². The number of aliphatic hydroxyl groups is 1. The average molecular weight is 313 g/mol. The number of carbonyl (C=O) groups is 1. The Bertz CT molecular complexity index is 431. The fraction of sp³-hybridized carbons (Fsp3) is 0.538. The van der Waals surface area contributed by atoms with Crippen LogP contribution in [0.3, 0.4) is 0 Å². The average Bonchev–Trinajstić information content (AvgIpc) is 2.86. The van der Waals surface area contributed by atoms with Gasteiger partial charge in [-0.1, -0.05) is 12.8 Å². The fourth-order valence-electron chi connectivity index (χ4n) is 2.42. The third kappa shape index (κ3) is 2.90. The van der Waals surface area contributed by atoms with Gasteiger partial charge in [-0.3, -0.25) is 4.79 Å². The highest BCUT2D eigenvalue weighted by Crippen LogP contribution is 2.36. The minimum absolute atomic E-state index is 0.128. The highest BCUT2D eigenvalue weighted by Gasteiger charge is 2.33. The van der Waals surface area contributed by atoms with Crippen LogP contribution in [0.15, 0.2) is 22.8 Å². The molecule has 0 unspecified atom stereocenters. The second-order valence-corrected chi connectivity index (χ2v) is 5.74. The van der Waals surface area contributed by atoms with Crippen molar-refractivity contribution in [3.8, 4) is 0 Å². The molecular formula is C13H17BrN2O2. The van der Waals surface area contributed by atoms with Crippen LogP contribution in [-0.4, -0.2) is 29.1 Å². The molecule has 18 heavy (non-hydrogen) atoms. The van der Waals surface area contributed by atoms with E-state index in [1.54, 1.807) is 18.3 Å². The highest BCUT2D eigenvalue weighted by molar-refractivity contribution is 9.10. The zero-order chi connectivity index (χ0) is 13.0. The lowest BCUT2D eigenvalue weighted by molar-refractivity contribution is 0.0875. The molecule has 0 aliphatic heterocycles. The first-order valence-corrected chi connectivity index (χ1v) is 6.96. The number of hydrogen-bond donors (Lipinski definition) is 2. The molecule has 4 nitrogen and oxygen atoms in total. The van der Waals surface area contributed by atoms with Crippen LogP contribution >= 0.6 is 15.9 Å². The normalized spacial score (nSPS) is 17.7. The van der Waals surface area contributed by atoms with Crippen molar-refractivity contribution in [1.82, 2.24) is 10.3 Å². The lowest BCUT2D eigenvalue weighted by atomic mass is 9.87. The predicted octanol–water partition coefficient (Wildman–Crippen LogP) is 2.13. The maximum atomic E-state index is 12.0. The van der Waals surface area contributed by atoms with Crippen LogP contribution in [-0.2, 0) is 0 Å². The minimum Gasteiger partial charge on any atom is -0.396 e. The Balaban J connectivity index is 1.98. The maximum absolute atomic E-state index is 12.0. The summed E-state index contributed by atoms with van der Waals surface area (Å²) in [4.78, 5) is 16.0. The Morgan fingerprint density at radius 3 is 2.83 bits per heavy atom. The molecule has 1 saturated carbocycles. The molecular weight excluding hydrogens is 296 g/mol. The van der Waals surface area contributed by atoms with Crippen LogP contribution in [0.5, 0.6) is 0 Å². The summed E-state index contributed by atoms with van der Waals surface area (Å²) in [5.74, 6) is -0.192. The van der Waals surface area contributed by atoms with Crippen molar-refractivity contribution < 1.29 is 9.90 Å². The van der Waals surface area contributed by atoms with Crippen LogP contribution in [0.4, 0.5) is 0 Å². The quantitative estimate of drug-likeness (QED) is 0.895. The standard InChI is InChI=1S/C13H17BrN2O2/c14-10-4-3-7-15-11(10)12(18)16-8-13(9-17)5-1-2-6-13/h3-4,7,17H,1-2,5-6,8-9H2,(H,16,18). The second kappa shape index (κ2) is 5.80. The summed E-state index contributed by atoms with van der Waals surface area (Å²) in [5, 5.41) is 12.4. The van der Waals surface area contributed by atoms with Crippen LogP contribution in [0.2, 0.25) is 0 Å². The van der Waals surface area contributed by atoms with E-state index in [1.165, 1.54) is 0 Å². The summed E-state index contributed by atoms with van der Waals surface area (Å²) < 4.78 is 0.687. The number of aromatic nitrogens is 1. The number of hydrogen-bond acceptors (Lipinski definition) is 3.